The van der Waals surface area contributed by atoms with Crippen molar-refractivity contribution in [3.8, 4) is 0 Å². The summed E-state index contributed by atoms with van der Waals surface area (Å²) in [5.74, 6) is -0.351. The van der Waals surface area contributed by atoms with Crippen LogP contribution in [-0.4, -0.2) is 24.0 Å². The molecule has 0 heterocycles. The largest absolute Gasteiger partial charge is 0.372 e. The number of aryl methyl sites for hydroxylation is 1. The number of amides is 1. The standard InChI is InChI=1S/C11H13BrN2O4/c1-3-18-6-11(15)13-9-5-10(14(16)17)7(2)4-8(9)12/h4-5H,3,6H2,1-2H3,(H,13,15). The van der Waals surface area contributed by atoms with E-state index in [0.29, 0.717) is 22.3 Å². The number of carbonyl (C=O) groups is 1. The summed E-state index contributed by atoms with van der Waals surface area (Å²) in [6.07, 6.45) is 0. The molecule has 1 rings (SSSR count). The molecule has 0 atom stereocenters. The number of carbonyl (C=O) groups excluding carboxylic acids is 1. The number of nitrogens with zero attached hydrogens (tertiary/aromatic N) is 1. The number of benzene rings is 1. The van der Waals surface area contributed by atoms with E-state index in [-0.39, 0.29) is 18.2 Å². The van der Waals surface area contributed by atoms with E-state index >= 15 is 0 Å². The van der Waals surface area contributed by atoms with Crippen LogP contribution in [0.5, 0.6) is 0 Å². The van der Waals surface area contributed by atoms with Gasteiger partial charge in [0.25, 0.3) is 5.69 Å². The first-order chi connectivity index (χ1) is 8.45. The lowest BCUT2D eigenvalue weighted by Crippen LogP contribution is -2.18. The lowest BCUT2D eigenvalue weighted by atomic mass is 10.2. The second kappa shape index (κ2) is 6.46. The van der Waals surface area contributed by atoms with Crippen molar-refractivity contribution in [1.29, 1.82) is 0 Å². The van der Waals surface area contributed by atoms with E-state index in [1.165, 1.54) is 6.07 Å². The first-order valence-corrected chi connectivity index (χ1v) is 6.07. The number of halogens is 1. The fraction of sp³-hybridized carbons (Fsp3) is 0.364. The Bertz CT molecular complexity index is 476. The highest BCUT2D eigenvalue weighted by Gasteiger charge is 2.15. The van der Waals surface area contributed by atoms with Crippen LogP contribution in [0.2, 0.25) is 0 Å². The van der Waals surface area contributed by atoms with Crippen molar-refractivity contribution >= 4 is 33.2 Å². The lowest BCUT2D eigenvalue weighted by Gasteiger charge is -2.08. The highest BCUT2D eigenvalue weighted by atomic mass is 79.9. The molecule has 0 aliphatic rings. The number of nitro groups is 1. The van der Waals surface area contributed by atoms with Crippen LogP contribution in [0.15, 0.2) is 16.6 Å². The van der Waals surface area contributed by atoms with Crippen LogP contribution in [-0.2, 0) is 9.53 Å². The maximum Gasteiger partial charge on any atom is 0.274 e. The predicted octanol–water partition coefficient (Wildman–Crippen LogP) is 2.64. The molecular weight excluding hydrogens is 304 g/mol. The molecule has 0 aliphatic carbocycles. The zero-order valence-electron chi connectivity index (χ0n) is 10.0. The van der Waals surface area contributed by atoms with Gasteiger partial charge in [-0.05, 0) is 35.8 Å². The minimum absolute atomic E-state index is 0.0371. The van der Waals surface area contributed by atoms with Crippen molar-refractivity contribution in [2.24, 2.45) is 0 Å². The van der Waals surface area contributed by atoms with Crippen molar-refractivity contribution in [1.82, 2.24) is 0 Å². The van der Waals surface area contributed by atoms with E-state index in [1.54, 1.807) is 19.9 Å². The Kier molecular flexibility index (Phi) is 5.24. The Morgan fingerprint density at radius 1 is 1.56 bits per heavy atom. The van der Waals surface area contributed by atoms with Gasteiger partial charge in [0, 0.05) is 22.7 Å². The molecule has 0 bridgehead atoms. The number of rotatable bonds is 5. The van der Waals surface area contributed by atoms with Gasteiger partial charge in [-0.2, -0.15) is 0 Å². The molecular formula is C11H13BrN2O4. The quantitative estimate of drug-likeness (QED) is 0.668. The van der Waals surface area contributed by atoms with Crippen LogP contribution < -0.4 is 5.32 Å². The molecule has 0 spiro atoms. The van der Waals surface area contributed by atoms with E-state index in [4.69, 9.17) is 4.74 Å². The van der Waals surface area contributed by atoms with Crippen molar-refractivity contribution in [3.05, 3.63) is 32.3 Å². The van der Waals surface area contributed by atoms with Crippen LogP contribution in [0, 0.1) is 17.0 Å². The van der Waals surface area contributed by atoms with Crippen LogP contribution in [0.25, 0.3) is 0 Å². The summed E-state index contributed by atoms with van der Waals surface area (Å²) in [7, 11) is 0. The van der Waals surface area contributed by atoms with Crippen LogP contribution in [0.3, 0.4) is 0 Å². The summed E-state index contributed by atoms with van der Waals surface area (Å²) in [6.45, 7) is 3.77. The Hall–Kier alpha value is -1.47. The SMILES string of the molecule is CCOCC(=O)Nc1cc([N+](=O)[O-])c(C)cc1Br. The highest BCUT2D eigenvalue weighted by Crippen LogP contribution is 2.30. The number of nitro benzene ring substituents is 1. The summed E-state index contributed by atoms with van der Waals surface area (Å²) in [5, 5.41) is 13.3. The van der Waals surface area contributed by atoms with Gasteiger partial charge in [0.2, 0.25) is 5.91 Å². The molecule has 0 saturated carbocycles. The Balaban J connectivity index is 2.92. The summed E-state index contributed by atoms with van der Waals surface area (Å²) < 4.78 is 5.54. The molecule has 1 N–H and O–H groups in total. The summed E-state index contributed by atoms with van der Waals surface area (Å²) in [5.41, 5.74) is 0.844. The van der Waals surface area contributed by atoms with E-state index in [2.05, 4.69) is 21.2 Å². The Labute approximate surface area is 113 Å². The van der Waals surface area contributed by atoms with E-state index in [9.17, 15) is 14.9 Å². The number of nitrogens with one attached hydrogen (secondary N) is 1. The van der Waals surface area contributed by atoms with E-state index in [1.807, 2.05) is 0 Å². The molecule has 0 saturated heterocycles. The molecule has 0 radical (unpaired) electrons. The zero-order chi connectivity index (χ0) is 13.7. The molecule has 0 aromatic heterocycles. The number of hydrogen-bond donors (Lipinski definition) is 1. The third-order valence-electron chi connectivity index (χ3n) is 2.19. The molecule has 18 heavy (non-hydrogen) atoms. The first-order valence-electron chi connectivity index (χ1n) is 5.27. The smallest absolute Gasteiger partial charge is 0.274 e. The molecule has 6 nitrogen and oxygen atoms in total. The fourth-order valence-corrected chi connectivity index (χ4v) is 1.89. The van der Waals surface area contributed by atoms with Gasteiger partial charge < -0.3 is 10.1 Å². The first kappa shape index (κ1) is 14.6. The highest BCUT2D eigenvalue weighted by molar-refractivity contribution is 9.10. The van der Waals surface area contributed by atoms with Gasteiger partial charge in [0.1, 0.15) is 6.61 Å². The number of hydrogen-bond acceptors (Lipinski definition) is 4. The fourth-order valence-electron chi connectivity index (χ4n) is 1.33. The third-order valence-corrected chi connectivity index (χ3v) is 2.85. The van der Waals surface area contributed by atoms with E-state index in [0.717, 1.165) is 0 Å². The van der Waals surface area contributed by atoms with Gasteiger partial charge in [0.05, 0.1) is 10.6 Å². The summed E-state index contributed by atoms with van der Waals surface area (Å²) in [6, 6.07) is 2.91. The lowest BCUT2D eigenvalue weighted by molar-refractivity contribution is -0.385. The van der Waals surface area contributed by atoms with Gasteiger partial charge >= 0.3 is 0 Å². The summed E-state index contributed by atoms with van der Waals surface area (Å²) >= 11 is 3.25. The Morgan fingerprint density at radius 3 is 2.78 bits per heavy atom. The second-order valence-corrected chi connectivity index (χ2v) is 4.42. The van der Waals surface area contributed by atoms with Crippen LogP contribution in [0.4, 0.5) is 11.4 Å². The molecule has 1 aromatic rings. The molecule has 0 fully saturated rings. The number of ether oxygens (including phenoxy) is 1. The van der Waals surface area contributed by atoms with Gasteiger partial charge in [0.15, 0.2) is 0 Å². The van der Waals surface area contributed by atoms with E-state index < -0.39 is 4.92 Å². The minimum atomic E-state index is -0.486. The van der Waals surface area contributed by atoms with Crippen molar-refractivity contribution in [2.45, 2.75) is 13.8 Å². The average Bonchev–Trinajstić information content (AvgIpc) is 2.29. The Morgan fingerprint density at radius 2 is 2.22 bits per heavy atom. The zero-order valence-corrected chi connectivity index (χ0v) is 11.6. The molecule has 0 aliphatic heterocycles. The van der Waals surface area contributed by atoms with Crippen LogP contribution in [0.1, 0.15) is 12.5 Å². The third kappa shape index (κ3) is 3.78. The maximum atomic E-state index is 11.5. The number of anilines is 1. The van der Waals surface area contributed by atoms with Gasteiger partial charge in [-0.1, -0.05) is 0 Å². The maximum absolute atomic E-state index is 11.5. The molecule has 98 valence electrons. The molecule has 1 amide bonds. The van der Waals surface area contributed by atoms with Gasteiger partial charge in [-0.15, -0.1) is 0 Å². The predicted molar refractivity (Wildman–Crippen MR) is 70.7 cm³/mol. The topological polar surface area (TPSA) is 81.5 Å². The van der Waals surface area contributed by atoms with Crippen molar-refractivity contribution in [2.75, 3.05) is 18.5 Å². The second-order valence-electron chi connectivity index (χ2n) is 3.56. The van der Waals surface area contributed by atoms with Crippen molar-refractivity contribution < 1.29 is 14.5 Å². The van der Waals surface area contributed by atoms with Gasteiger partial charge in [-0.25, -0.2) is 0 Å². The molecule has 1 aromatic carbocycles. The van der Waals surface area contributed by atoms with Crippen LogP contribution >= 0.6 is 15.9 Å². The monoisotopic (exact) mass is 316 g/mol. The normalized spacial score (nSPS) is 10.2. The summed E-state index contributed by atoms with van der Waals surface area (Å²) in [4.78, 5) is 21.8. The minimum Gasteiger partial charge on any atom is -0.372 e. The van der Waals surface area contributed by atoms with Crippen molar-refractivity contribution in [3.63, 3.8) is 0 Å². The van der Waals surface area contributed by atoms with Gasteiger partial charge in [-0.3, -0.25) is 14.9 Å². The molecule has 0 unspecified atom stereocenters. The average molecular weight is 317 g/mol. The molecule has 7 heteroatoms.